The van der Waals surface area contributed by atoms with Gasteiger partial charge in [0.15, 0.2) is 0 Å². The molecule has 0 unspecified atom stereocenters. The van der Waals surface area contributed by atoms with E-state index in [0.29, 0.717) is 16.8 Å². The Morgan fingerprint density at radius 2 is 1.41 bits per heavy atom. The highest BCUT2D eigenvalue weighted by molar-refractivity contribution is 5.59. The maximum Gasteiger partial charge on any atom is 0.240 e. The second-order valence-electron chi connectivity index (χ2n) is 2.94. The molecule has 0 atom stereocenters. The maximum atomic E-state index is 10.3. The molecule has 17 heavy (non-hydrogen) atoms. The van der Waals surface area contributed by atoms with E-state index in [1.165, 1.54) is 18.2 Å². The summed E-state index contributed by atoms with van der Waals surface area (Å²) in [5, 5.41) is 0. The van der Waals surface area contributed by atoms with Gasteiger partial charge >= 0.3 is 0 Å². The average Bonchev–Trinajstić information content (AvgIpc) is 2.36. The molecule has 0 bridgehead atoms. The third-order valence-electron chi connectivity index (χ3n) is 1.99. The average molecular weight is 229 g/mol. The summed E-state index contributed by atoms with van der Waals surface area (Å²) in [7, 11) is 0. The zero-order valence-corrected chi connectivity index (χ0v) is 8.71. The number of rotatable bonds is 5. The van der Waals surface area contributed by atoms with Gasteiger partial charge in [0.05, 0.1) is 18.8 Å². The molecule has 0 heterocycles. The first-order valence-electron chi connectivity index (χ1n) is 4.59. The van der Waals surface area contributed by atoms with E-state index in [4.69, 9.17) is 0 Å². The Hall–Kier alpha value is -2.64. The van der Waals surface area contributed by atoms with Gasteiger partial charge in [-0.2, -0.15) is 4.99 Å². The van der Waals surface area contributed by atoms with E-state index in [1.54, 1.807) is 18.2 Å². The van der Waals surface area contributed by atoms with E-state index in [9.17, 15) is 14.4 Å². The quantitative estimate of drug-likeness (QED) is 0.563. The molecular formula is C11H7N3O3. The van der Waals surface area contributed by atoms with Crippen LogP contribution in [-0.4, -0.2) is 18.2 Å². The van der Waals surface area contributed by atoms with Crippen LogP contribution < -0.4 is 0 Å². The lowest BCUT2D eigenvalue weighted by molar-refractivity contribution is 0.562. The van der Waals surface area contributed by atoms with Gasteiger partial charge in [0.2, 0.25) is 18.2 Å². The van der Waals surface area contributed by atoms with Crippen LogP contribution in [0.1, 0.15) is 11.1 Å². The molecule has 1 rings (SSSR count). The van der Waals surface area contributed by atoms with Crippen molar-refractivity contribution in [3.63, 3.8) is 0 Å². The fraction of sp³-hybridized carbons (Fsp3) is 0.182. The van der Waals surface area contributed by atoms with Crippen molar-refractivity contribution >= 4 is 23.9 Å². The summed E-state index contributed by atoms with van der Waals surface area (Å²) in [6, 6.07) is 5.01. The van der Waals surface area contributed by atoms with Gasteiger partial charge in [-0.05, 0) is 0 Å². The van der Waals surface area contributed by atoms with E-state index >= 15 is 0 Å². The fourth-order valence-electron chi connectivity index (χ4n) is 1.32. The zero-order valence-electron chi connectivity index (χ0n) is 8.71. The monoisotopic (exact) mass is 229 g/mol. The number of aliphatic imine (C=N–C) groups is 3. The lowest BCUT2D eigenvalue weighted by atomic mass is 10.1. The topological polar surface area (TPSA) is 88.3 Å². The van der Waals surface area contributed by atoms with Crippen molar-refractivity contribution in [2.24, 2.45) is 15.0 Å². The molecule has 0 N–H and O–H groups in total. The van der Waals surface area contributed by atoms with Crippen LogP contribution in [-0.2, 0) is 27.5 Å². The predicted molar refractivity (Wildman–Crippen MR) is 57.9 cm³/mol. The van der Waals surface area contributed by atoms with Gasteiger partial charge in [-0.1, -0.05) is 18.2 Å². The molecular weight excluding hydrogens is 222 g/mol. The number of carbonyl (C=O) groups excluding carboxylic acids is 3. The third kappa shape index (κ3) is 3.45. The Bertz CT molecular complexity index is 511. The molecule has 1 aromatic carbocycles. The van der Waals surface area contributed by atoms with Gasteiger partial charge in [0, 0.05) is 11.1 Å². The summed E-state index contributed by atoms with van der Waals surface area (Å²) >= 11 is 0. The number of benzene rings is 1. The summed E-state index contributed by atoms with van der Waals surface area (Å²) in [5.41, 5.74) is 1.45. The molecule has 0 saturated carbocycles. The van der Waals surface area contributed by atoms with Crippen LogP contribution in [0.25, 0.3) is 0 Å². The van der Waals surface area contributed by atoms with Gasteiger partial charge in [-0.25, -0.2) is 24.4 Å². The summed E-state index contributed by atoms with van der Waals surface area (Å²) in [6.07, 6.45) is 4.21. The number of hydrogen-bond acceptors (Lipinski definition) is 6. The minimum Gasteiger partial charge on any atom is -0.211 e. The molecule has 84 valence electrons. The van der Waals surface area contributed by atoms with E-state index in [1.807, 2.05) is 0 Å². The largest absolute Gasteiger partial charge is 0.240 e. The zero-order chi connectivity index (χ0) is 12.5. The van der Waals surface area contributed by atoms with Crippen molar-refractivity contribution < 1.29 is 14.4 Å². The second kappa shape index (κ2) is 6.77. The Morgan fingerprint density at radius 1 is 0.882 bits per heavy atom. The molecule has 0 amide bonds. The Kier molecular flexibility index (Phi) is 4.95. The molecule has 0 saturated heterocycles. The van der Waals surface area contributed by atoms with Crippen molar-refractivity contribution in [3.8, 4) is 0 Å². The normalized spacial score (nSPS) is 8.47. The van der Waals surface area contributed by atoms with Gasteiger partial charge in [0.25, 0.3) is 0 Å². The predicted octanol–water partition coefficient (Wildman–Crippen LogP) is 1.33. The second-order valence-corrected chi connectivity index (χ2v) is 2.94. The van der Waals surface area contributed by atoms with E-state index in [2.05, 4.69) is 15.0 Å². The molecule has 0 aliphatic rings. The third-order valence-corrected chi connectivity index (χ3v) is 1.99. The number of isocyanates is 3. The number of hydrogen-bond donors (Lipinski definition) is 0. The lowest BCUT2D eigenvalue weighted by Gasteiger charge is -2.05. The highest BCUT2D eigenvalue weighted by Gasteiger charge is 2.06. The molecule has 0 aromatic heterocycles. The van der Waals surface area contributed by atoms with Gasteiger partial charge in [-0.3, -0.25) is 0 Å². The molecule has 0 aliphatic heterocycles. The molecule has 0 spiro atoms. The summed E-state index contributed by atoms with van der Waals surface area (Å²) < 4.78 is 0. The molecule has 6 heteroatoms. The van der Waals surface area contributed by atoms with Gasteiger partial charge in [0.1, 0.15) is 0 Å². The van der Waals surface area contributed by atoms with E-state index in [-0.39, 0.29) is 13.1 Å². The lowest BCUT2D eigenvalue weighted by Crippen LogP contribution is -1.89. The number of nitrogens with zero attached hydrogens (tertiary/aromatic N) is 3. The Balaban J connectivity index is 3.24. The summed E-state index contributed by atoms with van der Waals surface area (Å²) in [6.45, 7) is 0.116. The SMILES string of the molecule is O=C=NCc1cccc(CN=C=O)c1N=C=O. The van der Waals surface area contributed by atoms with Crippen molar-refractivity contribution in [3.05, 3.63) is 29.3 Å². The van der Waals surface area contributed by atoms with Crippen LogP contribution in [0.15, 0.2) is 33.2 Å². The highest BCUT2D eigenvalue weighted by atomic mass is 16.1. The highest BCUT2D eigenvalue weighted by Crippen LogP contribution is 2.25. The van der Waals surface area contributed by atoms with Crippen LogP contribution in [0.3, 0.4) is 0 Å². The Morgan fingerprint density at radius 3 is 1.82 bits per heavy atom. The van der Waals surface area contributed by atoms with Crippen molar-refractivity contribution in [2.45, 2.75) is 13.1 Å². The maximum absolute atomic E-state index is 10.3. The molecule has 0 aliphatic carbocycles. The summed E-state index contributed by atoms with van der Waals surface area (Å²) in [5.74, 6) is 0. The minimum atomic E-state index is 0.0582. The molecule has 6 nitrogen and oxygen atoms in total. The fourth-order valence-corrected chi connectivity index (χ4v) is 1.32. The molecule has 0 fully saturated rings. The van der Waals surface area contributed by atoms with Crippen LogP contribution in [0.5, 0.6) is 0 Å². The first-order valence-corrected chi connectivity index (χ1v) is 4.59. The molecule has 1 aromatic rings. The van der Waals surface area contributed by atoms with Crippen LogP contribution in [0, 0.1) is 0 Å². The van der Waals surface area contributed by atoms with Gasteiger partial charge < -0.3 is 0 Å². The standard InChI is InChI=1S/C11H7N3O3/c15-6-12-4-9-2-1-3-10(5-13-7-16)11(9)14-8-17/h1-3H,4-5H2. The van der Waals surface area contributed by atoms with Crippen molar-refractivity contribution in [2.75, 3.05) is 0 Å². The van der Waals surface area contributed by atoms with Crippen LogP contribution in [0.2, 0.25) is 0 Å². The Labute approximate surface area is 96.4 Å². The minimum absolute atomic E-state index is 0.0582. The first kappa shape index (κ1) is 12.4. The number of para-hydroxylation sites is 1. The van der Waals surface area contributed by atoms with E-state index < -0.39 is 0 Å². The van der Waals surface area contributed by atoms with Crippen LogP contribution in [0.4, 0.5) is 5.69 Å². The van der Waals surface area contributed by atoms with E-state index in [0.717, 1.165) is 0 Å². The molecule has 0 radical (unpaired) electrons. The summed E-state index contributed by atoms with van der Waals surface area (Å²) in [4.78, 5) is 40.7. The van der Waals surface area contributed by atoms with Crippen molar-refractivity contribution in [1.29, 1.82) is 0 Å². The van der Waals surface area contributed by atoms with Crippen LogP contribution >= 0.6 is 0 Å². The first-order chi connectivity index (χ1) is 8.33. The van der Waals surface area contributed by atoms with Gasteiger partial charge in [-0.15, -0.1) is 0 Å². The smallest absolute Gasteiger partial charge is 0.211 e. The van der Waals surface area contributed by atoms with Crippen molar-refractivity contribution in [1.82, 2.24) is 0 Å².